The van der Waals surface area contributed by atoms with Crippen LogP contribution in [0.3, 0.4) is 0 Å². The molecule has 0 aromatic heterocycles. The molecular weight excluding hydrogens is 682 g/mol. The van der Waals surface area contributed by atoms with Gasteiger partial charge in [0.25, 0.3) is 5.91 Å². The number of carbonyl (C=O) groups is 7. The van der Waals surface area contributed by atoms with E-state index in [0.29, 0.717) is 30.6 Å². The van der Waals surface area contributed by atoms with Crippen molar-refractivity contribution in [1.82, 2.24) is 20.9 Å². The number of nitrogens with zero attached hydrogens (tertiary/aromatic N) is 1. The fraction of sp³-hybridized carbons (Fsp3) is 0.564. The van der Waals surface area contributed by atoms with Gasteiger partial charge in [-0.05, 0) is 57.2 Å². The zero-order valence-electron chi connectivity index (χ0n) is 32.2. The SMILES string of the molecule is C#C[C@H](NC(=O)[C@@H](NC(=O)C(C)(C)CCOC(C)(C)CCNC(=O)CCN1C(=O)CC(C)C1=O)C(C)C)C(=O)Nc1ccc(COC(=O)C(=C)C)cc1. The van der Waals surface area contributed by atoms with Crippen LogP contribution in [0.1, 0.15) is 86.6 Å². The summed E-state index contributed by atoms with van der Waals surface area (Å²) in [5.41, 5.74) is -0.191. The van der Waals surface area contributed by atoms with Gasteiger partial charge in [-0.15, -0.1) is 6.42 Å². The number of ether oxygens (including phenoxy) is 2. The van der Waals surface area contributed by atoms with Crippen molar-refractivity contribution >= 4 is 47.1 Å². The highest BCUT2D eigenvalue weighted by atomic mass is 16.5. The van der Waals surface area contributed by atoms with Crippen LogP contribution in [0.2, 0.25) is 0 Å². The second kappa shape index (κ2) is 19.7. The monoisotopic (exact) mass is 737 g/mol. The van der Waals surface area contributed by atoms with Crippen molar-refractivity contribution in [2.24, 2.45) is 17.3 Å². The smallest absolute Gasteiger partial charge is 0.333 e. The summed E-state index contributed by atoms with van der Waals surface area (Å²) in [7, 11) is 0. The highest BCUT2D eigenvalue weighted by Crippen LogP contribution is 2.24. The second-order valence-electron chi connectivity index (χ2n) is 14.9. The largest absolute Gasteiger partial charge is 0.457 e. The first-order chi connectivity index (χ1) is 24.7. The lowest BCUT2D eigenvalue weighted by Crippen LogP contribution is -2.56. The number of hydrogen-bond acceptors (Lipinski definition) is 9. The van der Waals surface area contributed by atoms with E-state index in [-0.39, 0.29) is 73.6 Å². The molecule has 1 unspecified atom stereocenters. The van der Waals surface area contributed by atoms with Gasteiger partial charge in [-0.1, -0.05) is 59.3 Å². The Bertz CT molecular complexity index is 1580. The molecule has 1 fully saturated rings. The molecule has 6 amide bonds. The summed E-state index contributed by atoms with van der Waals surface area (Å²) in [5, 5.41) is 10.8. The first kappa shape index (κ1) is 44.1. The number of rotatable bonds is 20. The first-order valence-corrected chi connectivity index (χ1v) is 17.7. The van der Waals surface area contributed by atoms with Gasteiger partial charge in [-0.2, -0.15) is 0 Å². The van der Waals surface area contributed by atoms with Crippen LogP contribution in [0, 0.1) is 29.6 Å². The van der Waals surface area contributed by atoms with E-state index in [1.165, 1.54) is 0 Å². The maximum Gasteiger partial charge on any atom is 0.333 e. The van der Waals surface area contributed by atoms with Crippen LogP contribution in [0.25, 0.3) is 0 Å². The molecule has 1 heterocycles. The zero-order chi connectivity index (χ0) is 40.1. The average Bonchev–Trinajstić information content (AvgIpc) is 3.32. The predicted molar refractivity (Wildman–Crippen MR) is 198 cm³/mol. The van der Waals surface area contributed by atoms with Crippen molar-refractivity contribution in [2.45, 2.75) is 105 Å². The van der Waals surface area contributed by atoms with Gasteiger partial charge in [-0.25, -0.2) is 4.79 Å². The number of benzene rings is 1. The standard InChI is InChI=1S/C39H55N5O9/c1-11-29(33(47)41-28-14-12-27(13-15-28)23-52-36(50)25(4)5)42-34(48)32(24(2)3)43-37(51)38(7,8)18-21-53-39(9,10)17-19-40-30(45)16-20-44-31(46)22-26(6)35(44)49/h1,12-15,24,26,29,32H,4,16-23H2,2-3,5-10H3,(H,40,45)(H,41,47)(H,42,48)(H,43,51)/t26?,29-,32-/m0/s1. The number of anilines is 1. The third-order valence-electron chi connectivity index (χ3n) is 8.81. The number of nitrogens with one attached hydrogen (secondary N) is 4. The topological polar surface area (TPSA) is 189 Å². The molecule has 2 rings (SSSR count). The minimum absolute atomic E-state index is 0.0220. The Morgan fingerprint density at radius 3 is 2.21 bits per heavy atom. The fourth-order valence-electron chi connectivity index (χ4n) is 5.11. The molecule has 1 aliphatic heterocycles. The maximum absolute atomic E-state index is 13.4. The Hall–Kier alpha value is -5.03. The molecule has 14 nitrogen and oxygen atoms in total. The summed E-state index contributed by atoms with van der Waals surface area (Å²) in [6.07, 6.45) is 6.58. The van der Waals surface area contributed by atoms with E-state index in [2.05, 4.69) is 33.8 Å². The molecule has 1 aromatic carbocycles. The number of imide groups is 1. The van der Waals surface area contributed by atoms with Gasteiger partial charge in [0.2, 0.25) is 29.5 Å². The van der Waals surface area contributed by atoms with E-state index < -0.39 is 40.9 Å². The Kier molecular flexibility index (Phi) is 16.4. The number of likely N-dealkylation sites (tertiary alicyclic amines) is 1. The molecule has 1 aromatic rings. The highest BCUT2D eigenvalue weighted by Gasteiger charge is 2.36. The quantitative estimate of drug-likeness (QED) is 0.0675. The van der Waals surface area contributed by atoms with Crippen LogP contribution in [0.15, 0.2) is 36.4 Å². The molecule has 1 saturated heterocycles. The molecule has 0 bridgehead atoms. The minimum Gasteiger partial charge on any atom is -0.457 e. The number of terminal acetylenes is 1. The summed E-state index contributed by atoms with van der Waals surface area (Å²) in [4.78, 5) is 88.7. The maximum atomic E-state index is 13.4. The number of carbonyl (C=O) groups excluding carboxylic acids is 7. The van der Waals surface area contributed by atoms with E-state index in [1.807, 2.05) is 13.8 Å². The van der Waals surface area contributed by atoms with Gasteiger partial charge in [0, 0.05) is 55.1 Å². The van der Waals surface area contributed by atoms with Gasteiger partial charge < -0.3 is 30.7 Å². The summed E-state index contributed by atoms with van der Waals surface area (Å²) in [5.74, 6) is -1.37. The van der Waals surface area contributed by atoms with Crippen molar-refractivity contribution in [3.63, 3.8) is 0 Å². The Balaban J connectivity index is 1.83. The summed E-state index contributed by atoms with van der Waals surface area (Å²) < 4.78 is 11.2. The molecule has 290 valence electrons. The van der Waals surface area contributed by atoms with Gasteiger partial charge in [-0.3, -0.25) is 33.7 Å². The number of hydrogen-bond donors (Lipinski definition) is 4. The lowest BCUT2D eigenvalue weighted by molar-refractivity contribution is -0.141. The van der Waals surface area contributed by atoms with E-state index in [0.717, 1.165) is 4.90 Å². The Labute approximate surface area is 312 Å². The fourth-order valence-corrected chi connectivity index (χ4v) is 5.11. The van der Waals surface area contributed by atoms with Gasteiger partial charge in [0.05, 0.1) is 5.60 Å². The van der Waals surface area contributed by atoms with Gasteiger partial charge in [0.15, 0.2) is 6.04 Å². The zero-order valence-corrected chi connectivity index (χ0v) is 32.2. The van der Waals surface area contributed by atoms with Crippen molar-refractivity contribution in [3.05, 3.63) is 42.0 Å². The summed E-state index contributed by atoms with van der Waals surface area (Å²) in [6.45, 7) is 18.1. The lowest BCUT2D eigenvalue weighted by atomic mass is 9.87. The van der Waals surface area contributed by atoms with Crippen LogP contribution in [-0.4, -0.2) is 83.7 Å². The Morgan fingerprint density at radius 1 is 1.02 bits per heavy atom. The van der Waals surface area contributed by atoms with E-state index >= 15 is 0 Å². The Morgan fingerprint density at radius 2 is 1.66 bits per heavy atom. The van der Waals surface area contributed by atoms with Crippen LogP contribution < -0.4 is 21.3 Å². The predicted octanol–water partition coefficient (Wildman–Crippen LogP) is 3.01. The molecular formula is C39H55N5O9. The lowest BCUT2D eigenvalue weighted by Gasteiger charge is -2.31. The van der Waals surface area contributed by atoms with Crippen LogP contribution >= 0.6 is 0 Å². The van der Waals surface area contributed by atoms with Crippen molar-refractivity contribution in [3.8, 4) is 12.3 Å². The molecule has 14 heteroatoms. The van der Waals surface area contributed by atoms with Gasteiger partial charge in [0.1, 0.15) is 12.6 Å². The van der Waals surface area contributed by atoms with Crippen molar-refractivity contribution < 1.29 is 43.0 Å². The molecule has 4 N–H and O–H groups in total. The molecule has 3 atom stereocenters. The summed E-state index contributed by atoms with van der Waals surface area (Å²) in [6, 6.07) is 4.22. The van der Waals surface area contributed by atoms with E-state index in [4.69, 9.17) is 15.9 Å². The number of esters is 1. The van der Waals surface area contributed by atoms with Crippen molar-refractivity contribution in [1.29, 1.82) is 0 Å². The number of amides is 6. The van der Waals surface area contributed by atoms with Crippen LogP contribution in [0.4, 0.5) is 5.69 Å². The van der Waals surface area contributed by atoms with Crippen LogP contribution in [-0.2, 0) is 49.6 Å². The van der Waals surface area contributed by atoms with E-state index in [9.17, 15) is 33.6 Å². The third-order valence-corrected chi connectivity index (χ3v) is 8.81. The average molecular weight is 738 g/mol. The van der Waals surface area contributed by atoms with E-state index in [1.54, 1.807) is 65.8 Å². The minimum atomic E-state index is -1.33. The molecule has 1 aliphatic rings. The molecule has 0 radical (unpaired) electrons. The first-order valence-electron chi connectivity index (χ1n) is 17.7. The van der Waals surface area contributed by atoms with Crippen LogP contribution in [0.5, 0.6) is 0 Å². The third kappa shape index (κ3) is 14.1. The second-order valence-corrected chi connectivity index (χ2v) is 14.9. The van der Waals surface area contributed by atoms with Gasteiger partial charge >= 0.3 is 5.97 Å². The highest BCUT2D eigenvalue weighted by molar-refractivity contribution is 6.03. The molecule has 0 saturated carbocycles. The normalized spacial score (nSPS) is 15.6. The van der Waals surface area contributed by atoms with Crippen molar-refractivity contribution in [2.75, 3.05) is 25.0 Å². The molecule has 53 heavy (non-hydrogen) atoms. The summed E-state index contributed by atoms with van der Waals surface area (Å²) >= 11 is 0. The molecule has 0 spiro atoms. The molecule has 0 aliphatic carbocycles.